The van der Waals surface area contributed by atoms with Gasteiger partial charge in [-0.05, 0) is 60.9 Å². The van der Waals surface area contributed by atoms with Crippen LogP contribution in [-0.2, 0) is 32.6 Å². The Morgan fingerprint density at radius 3 is 2.09 bits per heavy atom. The number of anilines is 1. The number of benzene rings is 4. The van der Waals surface area contributed by atoms with Crippen LogP contribution < -0.4 is 9.62 Å². The molecule has 0 fully saturated rings. The molecule has 1 N–H and O–H groups in total. The highest BCUT2D eigenvalue weighted by Gasteiger charge is 2.35. The summed E-state index contributed by atoms with van der Waals surface area (Å²) >= 11 is 19.4. The van der Waals surface area contributed by atoms with Gasteiger partial charge in [-0.2, -0.15) is 0 Å². The summed E-state index contributed by atoms with van der Waals surface area (Å²) in [7, 11) is -4.26. The van der Waals surface area contributed by atoms with Crippen molar-refractivity contribution in [3.63, 3.8) is 0 Å². The van der Waals surface area contributed by atoms with E-state index in [1.54, 1.807) is 55.5 Å². The standard InChI is InChI=1S/C34H34Cl3N3O4S/c1-3-19-38-34(42)32(20-25-11-6-4-7-12-25)39(22-28-29(36)15-10-16-30(28)37)33(41)23-40(31-21-26(35)18-17-24(31)2)45(43,44)27-13-8-5-9-14-27/h4-18,21,32H,3,19-20,22-23H2,1-2H3,(H,38,42)/t32-/m0/s1. The Bertz CT molecular complexity index is 1720. The summed E-state index contributed by atoms with van der Waals surface area (Å²) in [4.78, 5) is 29.7. The lowest BCUT2D eigenvalue weighted by Gasteiger charge is -2.34. The summed E-state index contributed by atoms with van der Waals surface area (Å²) in [5, 5.41) is 3.84. The van der Waals surface area contributed by atoms with Crippen LogP contribution in [0.4, 0.5) is 5.69 Å². The molecule has 0 aliphatic rings. The quantitative estimate of drug-likeness (QED) is 0.160. The van der Waals surface area contributed by atoms with Crippen LogP contribution in [0.5, 0.6) is 0 Å². The number of halogens is 3. The minimum atomic E-state index is -4.26. The maximum Gasteiger partial charge on any atom is 0.264 e. The predicted octanol–water partition coefficient (Wildman–Crippen LogP) is 7.32. The van der Waals surface area contributed by atoms with Gasteiger partial charge in [0.1, 0.15) is 12.6 Å². The van der Waals surface area contributed by atoms with Gasteiger partial charge in [0.25, 0.3) is 10.0 Å². The smallest absolute Gasteiger partial charge is 0.264 e. The van der Waals surface area contributed by atoms with Crippen molar-refractivity contribution in [2.45, 2.75) is 44.2 Å². The van der Waals surface area contributed by atoms with E-state index >= 15 is 0 Å². The number of carbonyl (C=O) groups excluding carboxylic acids is 2. The topological polar surface area (TPSA) is 86.8 Å². The molecule has 0 heterocycles. The summed E-state index contributed by atoms with van der Waals surface area (Å²) in [6, 6.07) is 26.0. The highest BCUT2D eigenvalue weighted by atomic mass is 35.5. The number of carbonyl (C=O) groups is 2. The van der Waals surface area contributed by atoms with E-state index in [9.17, 15) is 18.0 Å². The number of hydrogen-bond acceptors (Lipinski definition) is 4. The molecule has 2 amide bonds. The molecule has 0 aromatic heterocycles. The molecule has 0 saturated carbocycles. The fraction of sp³-hybridized carbons (Fsp3) is 0.235. The molecular formula is C34H34Cl3N3O4S. The molecule has 0 unspecified atom stereocenters. The second kappa shape index (κ2) is 15.6. The third kappa shape index (κ3) is 8.58. The van der Waals surface area contributed by atoms with Crippen molar-refractivity contribution in [1.29, 1.82) is 0 Å². The number of rotatable bonds is 13. The Kier molecular flexibility index (Phi) is 11.9. The predicted molar refractivity (Wildman–Crippen MR) is 181 cm³/mol. The first-order chi connectivity index (χ1) is 21.5. The van der Waals surface area contributed by atoms with E-state index in [0.717, 1.165) is 9.87 Å². The summed E-state index contributed by atoms with van der Waals surface area (Å²) in [5.74, 6) is -1.01. The van der Waals surface area contributed by atoms with Gasteiger partial charge in [0.2, 0.25) is 11.8 Å². The molecule has 4 rings (SSSR count). The van der Waals surface area contributed by atoms with Gasteiger partial charge >= 0.3 is 0 Å². The average Bonchev–Trinajstić information content (AvgIpc) is 3.03. The highest BCUT2D eigenvalue weighted by molar-refractivity contribution is 7.92. The van der Waals surface area contributed by atoms with Crippen LogP contribution in [-0.4, -0.2) is 44.3 Å². The first-order valence-corrected chi connectivity index (χ1v) is 17.0. The third-order valence-corrected chi connectivity index (χ3v) is 9.98. The van der Waals surface area contributed by atoms with Crippen LogP contribution >= 0.6 is 34.8 Å². The molecule has 0 spiro atoms. The fourth-order valence-electron chi connectivity index (χ4n) is 4.86. The van der Waals surface area contributed by atoms with Crippen molar-refractivity contribution < 1.29 is 18.0 Å². The molecule has 236 valence electrons. The molecule has 0 aliphatic carbocycles. The molecule has 45 heavy (non-hydrogen) atoms. The molecule has 0 saturated heterocycles. The van der Waals surface area contributed by atoms with E-state index < -0.39 is 28.5 Å². The Labute approximate surface area is 279 Å². The summed E-state index contributed by atoms with van der Waals surface area (Å²) in [5.41, 5.74) is 2.09. The van der Waals surface area contributed by atoms with Gasteiger partial charge in [0.15, 0.2) is 0 Å². The third-order valence-electron chi connectivity index (χ3n) is 7.26. The Hall–Kier alpha value is -3.56. The van der Waals surface area contributed by atoms with E-state index in [-0.39, 0.29) is 29.5 Å². The number of sulfonamides is 1. The van der Waals surface area contributed by atoms with Gasteiger partial charge < -0.3 is 10.2 Å². The van der Waals surface area contributed by atoms with E-state index in [1.807, 2.05) is 37.3 Å². The number of nitrogens with zero attached hydrogens (tertiary/aromatic N) is 2. The molecule has 7 nitrogen and oxygen atoms in total. The maximum atomic E-state index is 14.6. The van der Waals surface area contributed by atoms with Gasteiger partial charge in [-0.1, -0.05) is 102 Å². The lowest BCUT2D eigenvalue weighted by Crippen LogP contribution is -2.53. The van der Waals surface area contributed by atoms with Crippen LogP contribution in [0.1, 0.15) is 30.0 Å². The van der Waals surface area contributed by atoms with Gasteiger partial charge in [-0.25, -0.2) is 8.42 Å². The van der Waals surface area contributed by atoms with Gasteiger partial charge in [0.05, 0.1) is 10.6 Å². The van der Waals surface area contributed by atoms with Crippen molar-refractivity contribution in [2.24, 2.45) is 0 Å². The Balaban J connectivity index is 1.85. The lowest BCUT2D eigenvalue weighted by molar-refractivity contribution is -0.140. The largest absolute Gasteiger partial charge is 0.354 e. The van der Waals surface area contributed by atoms with E-state index in [2.05, 4.69) is 5.32 Å². The second-order valence-electron chi connectivity index (χ2n) is 10.5. The second-order valence-corrected chi connectivity index (χ2v) is 13.6. The zero-order valence-electron chi connectivity index (χ0n) is 24.9. The zero-order chi connectivity index (χ0) is 32.6. The lowest BCUT2D eigenvalue weighted by atomic mass is 10.0. The van der Waals surface area contributed by atoms with Crippen molar-refractivity contribution in [3.05, 3.63) is 129 Å². The molecule has 1 atom stereocenters. The highest BCUT2D eigenvalue weighted by Crippen LogP contribution is 2.31. The molecule has 11 heteroatoms. The monoisotopic (exact) mass is 685 g/mol. The van der Waals surface area contributed by atoms with Crippen molar-refractivity contribution in [2.75, 3.05) is 17.4 Å². The molecule has 4 aromatic carbocycles. The molecular weight excluding hydrogens is 653 g/mol. The van der Waals surface area contributed by atoms with Crippen LogP contribution in [0, 0.1) is 6.92 Å². The Morgan fingerprint density at radius 1 is 0.844 bits per heavy atom. The number of aryl methyl sites for hydroxylation is 1. The first kappa shape index (κ1) is 34.3. The van der Waals surface area contributed by atoms with E-state index in [4.69, 9.17) is 34.8 Å². The van der Waals surface area contributed by atoms with Crippen LogP contribution in [0.3, 0.4) is 0 Å². The SMILES string of the molecule is CCCNC(=O)[C@H](Cc1ccccc1)N(Cc1c(Cl)cccc1Cl)C(=O)CN(c1cc(Cl)ccc1C)S(=O)(=O)c1ccccc1. The summed E-state index contributed by atoms with van der Waals surface area (Å²) in [6.07, 6.45) is 0.858. The minimum Gasteiger partial charge on any atom is -0.354 e. The van der Waals surface area contributed by atoms with E-state index in [0.29, 0.717) is 39.2 Å². The van der Waals surface area contributed by atoms with Gasteiger partial charge in [0, 0.05) is 40.1 Å². The number of hydrogen-bond donors (Lipinski definition) is 1. The molecule has 4 aromatic rings. The van der Waals surface area contributed by atoms with Crippen LogP contribution in [0.2, 0.25) is 15.1 Å². The summed E-state index contributed by atoms with van der Waals surface area (Å²) < 4.78 is 29.3. The number of amides is 2. The van der Waals surface area contributed by atoms with Gasteiger partial charge in [-0.15, -0.1) is 0 Å². The minimum absolute atomic E-state index is 0.000557. The molecule has 0 bridgehead atoms. The maximum absolute atomic E-state index is 14.6. The normalized spacial score (nSPS) is 11.9. The summed E-state index contributed by atoms with van der Waals surface area (Å²) in [6.45, 7) is 3.31. The fourth-order valence-corrected chi connectivity index (χ4v) is 7.03. The van der Waals surface area contributed by atoms with E-state index in [1.165, 1.54) is 23.1 Å². The molecule has 0 radical (unpaired) electrons. The van der Waals surface area contributed by atoms with Crippen LogP contribution in [0.15, 0.2) is 102 Å². The zero-order valence-corrected chi connectivity index (χ0v) is 28.0. The first-order valence-electron chi connectivity index (χ1n) is 14.4. The Morgan fingerprint density at radius 2 is 1.47 bits per heavy atom. The van der Waals surface area contributed by atoms with Gasteiger partial charge in [-0.3, -0.25) is 13.9 Å². The van der Waals surface area contributed by atoms with Crippen molar-refractivity contribution in [3.8, 4) is 0 Å². The average molecular weight is 687 g/mol. The number of nitrogens with one attached hydrogen (secondary N) is 1. The van der Waals surface area contributed by atoms with Crippen molar-refractivity contribution in [1.82, 2.24) is 10.2 Å². The van der Waals surface area contributed by atoms with Crippen LogP contribution in [0.25, 0.3) is 0 Å². The van der Waals surface area contributed by atoms with Crippen molar-refractivity contribution >= 4 is 62.3 Å². The molecule has 0 aliphatic heterocycles.